The molecule has 0 saturated carbocycles. The van der Waals surface area contributed by atoms with Crippen molar-refractivity contribution in [1.82, 2.24) is 10.2 Å². The molecule has 0 unspecified atom stereocenters. The molecule has 2 aromatic carbocycles. The number of hydrogen-bond acceptors (Lipinski definition) is 4. The summed E-state index contributed by atoms with van der Waals surface area (Å²) in [5, 5.41) is 6.67. The van der Waals surface area contributed by atoms with Crippen LogP contribution in [-0.2, 0) is 13.1 Å². The Hall–Kier alpha value is -2.73. The number of aliphatic imine (C=N–C) groups is 1. The Labute approximate surface area is 161 Å². The normalized spacial score (nSPS) is 14.0. The number of rotatable bonds is 5. The minimum atomic E-state index is 0.673. The average molecular weight is 368 g/mol. The fourth-order valence-electron chi connectivity index (χ4n) is 2.95. The molecule has 0 fully saturated rings. The molecule has 1 aliphatic heterocycles. The Balaban J connectivity index is 1.61. The Bertz CT molecular complexity index is 790. The topological polar surface area (TPSA) is 58.1 Å². The summed E-state index contributed by atoms with van der Waals surface area (Å²) in [6, 6.07) is 14.4. The minimum Gasteiger partial charge on any atom is -0.490 e. The third kappa shape index (κ3) is 5.62. The minimum absolute atomic E-state index is 0.673. The number of fused-ring (bicyclic) bond motifs is 1. The first-order valence-electron chi connectivity index (χ1n) is 9.24. The van der Waals surface area contributed by atoms with Crippen LogP contribution in [0.15, 0.2) is 47.5 Å². The van der Waals surface area contributed by atoms with Gasteiger partial charge in [0.05, 0.1) is 13.2 Å². The number of benzene rings is 2. The summed E-state index contributed by atoms with van der Waals surface area (Å²) in [5.74, 6) is 2.27. The molecule has 3 rings (SSSR count). The van der Waals surface area contributed by atoms with Crippen LogP contribution in [0.25, 0.3) is 0 Å². The zero-order valence-electron chi connectivity index (χ0n) is 16.3. The summed E-state index contributed by atoms with van der Waals surface area (Å²) in [7, 11) is 5.92. The molecule has 0 amide bonds. The van der Waals surface area contributed by atoms with Gasteiger partial charge >= 0.3 is 0 Å². The van der Waals surface area contributed by atoms with E-state index >= 15 is 0 Å². The summed E-state index contributed by atoms with van der Waals surface area (Å²) in [6.07, 6.45) is 0.896. The molecule has 6 heteroatoms. The number of hydrogen-bond donors (Lipinski definition) is 2. The van der Waals surface area contributed by atoms with E-state index in [-0.39, 0.29) is 0 Å². The molecule has 0 saturated heterocycles. The lowest BCUT2D eigenvalue weighted by Crippen LogP contribution is -2.30. The van der Waals surface area contributed by atoms with Crippen LogP contribution in [-0.4, -0.2) is 45.2 Å². The Morgan fingerprint density at radius 3 is 2.59 bits per heavy atom. The molecule has 0 bridgehead atoms. The second-order valence-electron chi connectivity index (χ2n) is 6.82. The van der Waals surface area contributed by atoms with Gasteiger partial charge in [-0.15, -0.1) is 0 Å². The second-order valence-corrected chi connectivity index (χ2v) is 6.82. The summed E-state index contributed by atoms with van der Waals surface area (Å²) in [5.41, 5.74) is 3.43. The summed E-state index contributed by atoms with van der Waals surface area (Å²) in [4.78, 5) is 6.48. The van der Waals surface area contributed by atoms with Crippen molar-refractivity contribution in [1.29, 1.82) is 0 Å². The molecular formula is C21H28N4O2. The van der Waals surface area contributed by atoms with Gasteiger partial charge in [-0.2, -0.15) is 0 Å². The van der Waals surface area contributed by atoms with Gasteiger partial charge in [-0.05, 0) is 37.4 Å². The van der Waals surface area contributed by atoms with Crippen molar-refractivity contribution >= 4 is 11.6 Å². The number of nitrogens with zero attached hydrogens (tertiary/aromatic N) is 2. The van der Waals surface area contributed by atoms with Crippen LogP contribution in [0.5, 0.6) is 11.5 Å². The lowest BCUT2D eigenvalue weighted by Gasteiger charge is -2.15. The molecule has 0 radical (unpaired) electrons. The molecule has 6 nitrogen and oxygen atoms in total. The van der Waals surface area contributed by atoms with Crippen LogP contribution in [0.3, 0.4) is 0 Å². The molecular weight excluding hydrogens is 340 g/mol. The Morgan fingerprint density at radius 2 is 1.81 bits per heavy atom. The van der Waals surface area contributed by atoms with Gasteiger partial charge in [0.15, 0.2) is 17.5 Å². The third-order valence-corrected chi connectivity index (χ3v) is 4.18. The Kier molecular flexibility index (Phi) is 6.54. The van der Waals surface area contributed by atoms with E-state index in [0.29, 0.717) is 25.7 Å². The van der Waals surface area contributed by atoms with Crippen molar-refractivity contribution in [3.05, 3.63) is 53.6 Å². The number of anilines is 1. The van der Waals surface area contributed by atoms with E-state index in [1.807, 2.05) is 18.2 Å². The first kappa shape index (κ1) is 19.0. The highest BCUT2D eigenvalue weighted by atomic mass is 16.5. The quantitative estimate of drug-likeness (QED) is 0.627. The molecule has 1 aliphatic rings. The van der Waals surface area contributed by atoms with Crippen LogP contribution in [0.4, 0.5) is 5.69 Å². The van der Waals surface area contributed by atoms with E-state index in [4.69, 9.17) is 9.47 Å². The first-order chi connectivity index (χ1) is 13.1. The molecule has 0 aromatic heterocycles. The maximum atomic E-state index is 5.75. The smallest absolute Gasteiger partial charge is 0.195 e. The fourth-order valence-corrected chi connectivity index (χ4v) is 2.95. The molecule has 0 spiro atoms. The largest absolute Gasteiger partial charge is 0.490 e. The monoisotopic (exact) mass is 368 g/mol. The van der Waals surface area contributed by atoms with E-state index in [1.54, 1.807) is 7.05 Å². The van der Waals surface area contributed by atoms with Gasteiger partial charge in [0, 0.05) is 38.3 Å². The SMILES string of the molecule is CN=C(NCc1cccc(CN(C)C)c1)Nc1ccc2c(c1)OCCCO2. The highest BCUT2D eigenvalue weighted by molar-refractivity contribution is 5.93. The third-order valence-electron chi connectivity index (χ3n) is 4.18. The van der Waals surface area contributed by atoms with Crippen molar-refractivity contribution in [2.45, 2.75) is 19.5 Å². The van der Waals surface area contributed by atoms with Crippen molar-refractivity contribution < 1.29 is 9.47 Å². The number of guanidine groups is 1. The Morgan fingerprint density at radius 1 is 1.04 bits per heavy atom. The van der Waals surface area contributed by atoms with E-state index in [9.17, 15) is 0 Å². The predicted octanol–water partition coefficient (Wildman–Crippen LogP) is 3.10. The molecule has 27 heavy (non-hydrogen) atoms. The van der Waals surface area contributed by atoms with Crippen molar-refractivity contribution in [3.8, 4) is 11.5 Å². The van der Waals surface area contributed by atoms with Gasteiger partial charge in [0.2, 0.25) is 0 Å². The van der Waals surface area contributed by atoms with E-state index in [1.165, 1.54) is 11.1 Å². The molecule has 2 N–H and O–H groups in total. The molecule has 144 valence electrons. The number of nitrogens with one attached hydrogen (secondary N) is 2. The lowest BCUT2D eigenvalue weighted by atomic mass is 10.1. The van der Waals surface area contributed by atoms with Crippen molar-refractivity contribution in [3.63, 3.8) is 0 Å². The summed E-state index contributed by atoms with van der Waals surface area (Å²) >= 11 is 0. The van der Waals surface area contributed by atoms with Gasteiger partial charge in [0.1, 0.15) is 0 Å². The van der Waals surface area contributed by atoms with Crippen LogP contribution in [0.1, 0.15) is 17.5 Å². The average Bonchev–Trinajstić information content (AvgIpc) is 2.90. The van der Waals surface area contributed by atoms with Crippen LogP contribution in [0, 0.1) is 0 Å². The van der Waals surface area contributed by atoms with Gasteiger partial charge in [-0.25, -0.2) is 0 Å². The second kappa shape index (κ2) is 9.28. The first-order valence-corrected chi connectivity index (χ1v) is 9.24. The summed E-state index contributed by atoms with van der Waals surface area (Å²) in [6.45, 7) is 2.99. The lowest BCUT2D eigenvalue weighted by molar-refractivity contribution is 0.297. The van der Waals surface area contributed by atoms with Gasteiger partial charge in [-0.3, -0.25) is 4.99 Å². The highest BCUT2D eigenvalue weighted by Crippen LogP contribution is 2.32. The fraction of sp³-hybridized carbons (Fsp3) is 0.381. The van der Waals surface area contributed by atoms with Crippen molar-refractivity contribution in [2.24, 2.45) is 4.99 Å². The number of ether oxygens (including phenoxy) is 2. The molecule has 0 atom stereocenters. The van der Waals surface area contributed by atoms with Gasteiger partial charge < -0.3 is 25.0 Å². The van der Waals surface area contributed by atoms with Crippen LogP contribution >= 0.6 is 0 Å². The maximum Gasteiger partial charge on any atom is 0.195 e. The van der Waals surface area contributed by atoms with E-state index in [0.717, 1.165) is 30.2 Å². The molecule has 0 aliphatic carbocycles. The van der Waals surface area contributed by atoms with Crippen LogP contribution < -0.4 is 20.1 Å². The van der Waals surface area contributed by atoms with Crippen molar-refractivity contribution in [2.75, 3.05) is 39.7 Å². The van der Waals surface area contributed by atoms with Gasteiger partial charge in [0.25, 0.3) is 0 Å². The van der Waals surface area contributed by atoms with E-state index in [2.05, 4.69) is 58.9 Å². The zero-order valence-corrected chi connectivity index (χ0v) is 16.3. The molecule has 2 aromatic rings. The van der Waals surface area contributed by atoms with Crippen LogP contribution in [0.2, 0.25) is 0 Å². The highest BCUT2D eigenvalue weighted by Gasteiger charge is 2.11. The van der Waals surface area contributed by atoms with E-state index < -0.39 is 0 Å². The molecule has 1 heterocycles. The maximum absolute atomic E-state index is 5.75. The predicted molar refractivity (Wildman–Crippen MR) is 110 cm³/mol. The zero-order chi connectivity index (χ0) is 19.1. The van der Waals surface area contributed by atoms with Gasteiger partial charge in [-0.1, -0.05) is 24.3 Å². The standard InChI is InChI=1S/C21H28N4O2/c1-22-21(23-14-16-6-4-7-17(12-16)15-25(2)3)24-18-8-9-19-20(13-18)27-11-5-10-26-19/h4,6-9,12-13H,5,10-11,14-15H2,1-3H3,(H2,22,23,24). The summed E-state index contributed by atoms with van der Waals surface area (Å²) < 4.78 is 11.4.